The lowest BCUT2D eigenvalue weighted by Crippen LogP contribution is -2.36. The number of hydrogen-bond acceptors (Lipinski definition) is 7. The van der Waals surface area contributed by atoms with Gasteiger partial charge in [-0.3, -0.25) is 19.6 Å². The van der Waals surface area contributed by atoms with Crippen molar-refractivity contribution in [2.24, 2.45) is 0 Å². The summed E-state index contributed by atoms with van der Waals surface area (Å²) in [6, 6.07) is 9.50. The number of aliphatic hydroxyl groups is 1. The molecule has 10 nitrogen and oxygen atoms in total. The van der Waals surface area contributed by atoms with Gasteiger partial charge in [0, 0.05) is 42.7 Å². The van der Waals surface area contributed by atoms with Crippen molar-refractivity contribution in [1.82, 2.24) is 9.78 Å². The summed E-state index contributed by atoms with van der Waals surface area (Å²) in [6.07, 6.45) is 2.27. The summed E-state index contributed by atoms with van der Waals surface area (Å²) in [6.45, 7) is 6.57. The molecule has 0 aliphatic carbocycles. The third-order valence-electron chi connectivity index (χ3n) is 5.61. The summed E-state index contributed by atoms with van der Waals surface area (Å²) in [5.41, 5.74) is 1.58. The number of amides is 1. The lowest BCUT2D eigenvalue weighted by Gasteiger charge is -2.30. The molecule has 0 bridgehead atoms. The summed E-state index contributed by atoms with van der Waals surface area (Å²) < 4.78 is 7.33. The molecule has 0 radical (unpaired) electrons. The van der Waals surface area contributed by atoms with Crippen molar-refractivity contribution >= 4 is 33.9 Å². The van der Waals surface area contributed by atoms with E-state index in [0.717, 1.165) is 16.6 Å². The first-order chi connectivity index (χ1) is 15.7. The molecule has 1 fully saturated rings. The first-order valence-electron chi connectivity index (χ1n) is 10.8. The summed E-state index contributed by atoms with van der Waals surface area (Å²) in [4.78, 5) is 25.7. The van der Waals surface area contributed by atoms with Gasteiger partial charge in [-0.05, 0) is 38.5 Å². The monoisotopic (exact) mass is 453 g/mol. The molecule has 1 aliphatic rings. The molecular weight excluding hydrogens is 426 g/mol. The van der Waals surface area contributed by atoms with Crippen LogP contribution in [-0.4, -0.2) is 57.6 Å². The van der Waals surface area contributed by atoms with Crippen molar-refractivity contribution < 1.29 is 19.6 Å². The summed E-state index contributed by atoms with van der Waals surface area (Å²) in [7, 11) is 0. The quantitative estimate of drug-likeness (QED) is 0.416. The minimum Gasteiger partial charge on any atom is -0.390 e. The Morgan fingerprint density at radius 2 is 2.03 bits per heavy atom. The van der Waals surface area contributed by atoms with Gasteiger partial charge in [0.2, 0.25) is 0 Å². The van der Waals surface area contributed by atoms with E-state index in [2.05, 4.69) is 15.3 Å². The van der Waals surface area contributed by atoms with E-state index in [0.29, 0.717) is 45.0 Å². The van der Waals surface area contributed by atoms with Gasteiger partial charge in [-0.25, -0.2) is 0 Å². The number of ether oxygens (including phenoxy) is 1. The van der Waals surface area contributed by atoms with Gasteiger partial charge in [-0.2, -0.15) is 5.10 Å². The van der Waals surface area contributed by atoms with Gasteiger partial charge in [0.25, 0.3) is 11.6 Å². The SMILES string of the molecule is CC(C)(O)CCn1ncc2cc(NC(=O)c3cccc([N+](=O)[O-])c3)c(N3CCOCC3)cc21. The normalized spacial score (nSPS) is 14.5. The van der Waals surface area contributed by atoms with Crippen molar-refractivity contribution in [3.05, 3.63) is 58.3 Å². The maximum Gasteiger partial charge on any atom is 0.270 e. The third kappa shape index (κ3) is 5.29. The molecule has 0 unspecified atom stereocenters. The van der Waals surface area contributed by atoms with Gasteiger partial charge in [0.15, 0.2) is 0 Å². The van der Waals surface area contributed by atoms with Crippen LogP contribution < -0.4 is 10.2 Å². The van der Waals surface area contributed by atoms with E-state index in [1.54, 1.807) is 26.1 Å². The highest BCUT2D eigenvalue weighted by Crippen LogP contribution is 2.33. The number of aryl methyl sites for hydroxylation is 1. The minimum atomic E-state index is -0.808. The van der Waals surface area contributed by atoms with Gasteiger partial charge in [0.1, 0.15) is 0 Å². The number of nitro groups is 1. The number of hydrogen-bond donors (Lipinski definition) is 2. The Bertz CT molecular complexity index is 1180. The minimum absolute atomic E-state index is 0.139. The van der Waals surface area contributed by atoms with Gasteiger partial charge < -0.3 is 20.1 Å². The van der Waals surface area contributed by atoms with Crippen LogP contribution >= 0.6 is 0 Å². The fourth-order valence-electron chi connectivity index (χ4n) is 3.79. The van der Waals surface area contributed by atoms with Gasteiger partial charge in [-0.1, -0.05) is 6.07 Å². The number of carbonyl (C=O) groups is 1. The number of nitrogens with zero attached hydrogens (tertiary/aromatic N) is 4. The van der Waals surface area contributed by atoms with E-state index in [1.165, 1.54) is 18.2 Å². The number of fused-ring (bicyclic) bond motifs is 1. The number of benzene rings is 2. The van der Waals surface area contributed by atoms with E-state index >= 15 is 0 Å². The van der Waals surface area contributed by atoms with Crippen LogP contribution in [0.3, 0.4) is 0 Å². The second-order valence-corrected chi connectivity index (χ2v) is 8.72. The Morgan fingerprint density at radius 3 is 2.73 bits per heavy atom. The van der Waals surface area contributed by atoms with Crippen LogP contribution in [0.4, 0.5) is 17.1 Å². The molecule has 10 heteroatoms. The Hall–Kier alpha value is -3.50. The van der Waals surface area contributed by atoms with Crippen molar-refractivity contribution in [3.8, 4) is 0 Å². The molecule has 0 saturated carbocycles. The number of aromatic nitrogens is 2. The topological polar surface area (TPSA) is 123 Å². The van der Waals surface area contributed by atoms with Gasteiger partial charge in [-0.15, -0.1) is 0 Å². The molecular formula is C23H27N5O5. The van der Waals surface area contributed by atoms with Crippen molar-refractivity contribution in [2.75, 3.05) is 36.5 Å². The molecule has 1 aromatic heterocycles. The highest BCUT2D eigenvalue weighted by molar-refractivity contribution is 6.07. The van der Waals surface area contributed by atoms with Crippen molar-refractivity contribution in [1.29, 1.82) is 0 Å². The number of anilines is 2. The summed E-state index contributed by atoms with van der Waals surface area (Å²) in [5.74, 6) is -0.429. The van der Waals surface area contributed by atoms with Crippen LogP contribution in [0, 0.1) is 10.1 Å². The smallest absolute Gasteiger partial charge is 0.270 e. The highest BCUT2D eigenvalue weighted by Gasteiger charge is 2.21. The Kier molecular flexibility index (Phi) is 6.30. The van der Waals surface area contributed by atoms with E-state index in [1.807, 2.05) is 16.8 Å². The molecule has 2 N–H and O–H groups in total. The van der Waals surface area contributed by atoms with Crippen LogP contribution in [0.25, 0.3) is 10.9 Å². The maximum absolute atomic E-state index is 13.0. The van der Waals surface area contributed by atoms with Crippen LogP contribution in [-0.2, 0) is 11.3 Å². The highest BCUT2D eigenvalue weighted by atomic mass is 16.6. The molecule has 0 spiro atoms. The van der Waals surface area contributed by atoms with E-state index < -0.39 is 16.4 Å². The number of rotatable bonds is 7. The molecule has 0 atom stereocenters. The van der Waals surface area contributed by atoms with Crippen molar-refractivity contribution in [3.63, 3.8) is 0 Å². The predicted octanol–water partition coefficient (Wildman–Crippen LogP) is 3.19. The number of nitro benzene ring substituents is 1. The van der Waals surface area contributed by atoms with Crippen LogP contribution in [0.5, 0.6) is 0 Å². The molecule has 2 aromatic carbocycles. The Balaban J connectivity index is 1.69. The average Bonchev–Trinajstić information content (AvgIpc) is 3.19. The number of morpholine rings is 1. The molecule has 2 heterocycles. The lowest BCUT2D eigenvalue weighted by atomic mass is 10.1. The molecule has 33 heavy (non-hydrogen) atoms. The number of nitrogens with one attached hydrogen (secondary N) is 1. The zero-order chi connectivity index (χ0) is 23.6. The summed E-state index contributed by atoms with van der Waals surface area (Å²) in [5, 5.41) is 29.4. The molecule has 1 aliphatic heterocycles. The standard InChI is InChI=1S/C23H27N5O5/c1-23(2,30)6-7-27-20-14-21(26-8-10-33-11-9-26)19(13-17(20)15-24-27)25-22(29)16-4-3-5-18(12-16)28(31)32/h3-5,12-15,30H,6-11H2,1-2H3,(H,25,29). The number of carbonyl (C=O) groups excluding carboxylic acids is 1. The van der Waals surface area contributed by atoms with Crippen molar-refractivity contribution in [2.45, 2.75) is 32.4 Å². The number of non-ortho nitro benzene ring substituents is 1. The van der Waals surface area contributed by atoms with E-state index in [-0.39, 0.29) is 11.3 Å². The van der Waals surface area contributed by atoms with Gasteiger partial charge in [0.05, 0.1) is 46.8 Å². The van der Waals surface area contributed by atoms with Crippen LogP contribution in [0.15, 0.2) is 42.6 Å². The van der Waals surface area contributed by atoms with Crippen LogP contribution in [0.2, 0.25) is 0 Å². The fraction of sp³-hybridized carbons (Fsp3) is 0.391. The first-order valence-corrected chi connectivity index (χ1v) is 10.8. The largest absolute Gasteiger partial charge is 0.390 e. The molecule has 174 valence electrons. The molecule has 1 saturated heterocycles. The summed E-state index contributed by atoms with van der Waals surface area (Å²) >= 11 is 0. The molecule has 4 rings (SSSR count). The van der Waals surface area contributed by atoms with Gasteiger partial charge >= 0.3 is 0 Å². The molecule has 3 aromatic rings. The van der Waals surface area contributed by atoms with E-state index in [9.17, 15) is 20.0 Å². The van der Waals surface area contributed by atoms with E-state index in [4.69, 9.17) is 4.74 Å². The second kappa shape index (κ2) is 9.16. The maximum atomic E-state index is 13.0. The third-order valence-corrected chi connectivity index (χ3v) is 5.61. The van der Waals surface area contributed by atoms with Crippen LogP contribution in [0.1, 0.15) is 30.6 Å². The Morgan fingerprint density at radius 1 is 1.27 bits per heavy atom. The Labute approximate surface area is 190 Å². The average molecular weight is 453 g/mol. The fourth-order valence-corrected chi connectivity index (χ4v) is 3.79. The lowest BCUT2D eigenvalue weighted by molar-refractivity contribution is -0.384. The molecule has 1 amide bonds. The zero-order valence-electron chi connectivity index (χ0n) is 18.7. The first kappa shape index (κ1) is 22.7. The predicted molar refractivity (Wildman–Crippen MR) is 125 cm³/mol. The zero-order valence-corrected chi connectivity index (χ0v) is 18.7. The second-order valence-electron chi connectivity index (χ2n) is 8.72.